The number of hydrogen-bond donors (Lipinski definition) is 2. The molecule has 0 aliphatic rings. The average molecular weight is 214 g/mol. The van der Waals surface area contributed by atoms with Crippen LogP contribution < -0.4 is 10.6 Å². The Hall–Kier alpha value is -1.06. The fourth-order valence-electron chi connectivity index (χ4n) is 1.22. The van der Waals surface area contributed by atoms with Gasteiger partial charge in [0.2, 0.25) is 11.8 Å². The highest BCUT2D eigenvalue weighted by Gasteiger charge is 2.21. The van der Waals surface area contributed by atoms with Crippen molar-refractivity contribution in [2.45, 2.75) is 40.2 Å². The maximum Gasteiger partial charge on any atom is 0.242 e. The van der Waals surface area contributed by atoms with E-state index in [1.807, 2.05) is 27.7 Å². The molecule has 0 aromatic heterocycles. The summed E-state index contributed by atoms with van der Waals surface area (Å²) < 4.78 is 0. The summed E-state index contributed by atoms with van der Waals surface area (Å²) in [5.74, 6) is 0.0750. The quantitative estimate of drug-likeness (QED) is 0.715. The summed E-state index contributed by atoms with van der Waals surface area (Å²) in [6, 6.07) is -0.412. The van der Waals surface area contributed by atoms with Crippen molar-refractivity contribution < 1.29 is 9.59 Å². The maximum absolute atomic E-state index is 11.5. The van der Waals surface area contributed by atoms with Crippen molar-refractivity contribution in [3.63, 3.8) is 0 Å². The molecule has 0 fully saturated rings. The second-order valence-corrected chi connectivity index (χ2v) is 4.46. The Morgan fingerprint density at radius 2 is 1.60 bits per heavy atom. The summed E-state index contributed by atoms with van der Waals surface area (Å²) in [6.45, 7) is 7.67. The molecule has 1 atom stereocenters. The lowest BCUT2D eigenvalue weighted by Gasteiger charge is -2.20. The SMILES string of the molecule is CNC(=O)C(CC(C)C)NC(=O)C(C)C. The summed E-state index contributed by atoms with van der Waals surface area (Å²) in [4.78, 5) is 22.9. The normalized spacial score (nSPS) is 12.7. The third-order valence-electron chi connectivity index (χ3n) is 2.11. The molecule has 0 radical (unpaired) electrons. The monoisotopic (exact) mass is 214 g/mol. The molecule has 0 rings (SSSR count). The maximum atomic E-state index is 11.5. The van der Waals surface area contributed by atoms with Crippen LogP contribution in [-0.4, -0.2) is 24.9 Å². The van der Waals surface area contributed by atoms with Crippen LogP contribution in [0.2, 0.25) is 0 Å². The minimum absolute atomic E-state index is 0.0794. The lowest BCUT2D eigenvalue weighted by atomic mass is 10.0. The molecule has 15 heavy (non-hydrogen) atoms. The van der Waals surface area contributed by atoms with Gasteiger partial charge in [-0.2, -0.15) is 0 Å². The van der Waals surface area contributed by atoms with Gasteiger partial charge in [-0.3, -0.25) is 9.59 Å². The van der Waals surface area contributed by atoms with Crippen LogP contribution in [0.25, 0.3) is 0 Å². The van der Waals surface area contributed by atoms with Gasteiger partial charge in [-0.1, -0.05) is 27.7 Å². The van der Waals surface area contributed by atoms with E-state index in [2.05, 4.69) is 10.6 Å². The number of rotatable bonds is 5. The Labute approximate surface area is 91.8 Å². The Morgan fingerprint density at radius 3 is 1.93 bits per heavy atom. The molecule has 2 N–H and O–H groups in total. The first-order valence-corrected chi connectivity index (χ1v) is 5.40. The number of likely N-dealkylation sites (N-methyl/N-ethyl adjacent to an activating group) is 1. The van der Waals surface area contributed by atoms with E-state index in [-0.39, 0.29) is 17.7 Å². The highest BCUT2D eigenvalue weighted by molar-refractivity contribution is 5.88. The van der Waals surface area contributed by atoms with Crippen molar-refractivity contribution in [3.8, 4) is 0 Å². The lowest BCUT2D eigenvalue weighted by molar-refractivity contribution is -0.130. The number of carbonyl (C=O) groups excluding carboxylic acids is 2. The smallest absolute Gasteiger partial charge is 0.242 e. The first-order chi connectivity index (χ1) is 6.88. The van der Waals surface area contributed by atoms with E-state index in [4.69, 9.17) is 0 Å². The second kappa shape index (κ2) is 6.43. The van der Waals surface area contributed by atoms with Gasteiger partial charge < -0.3 is 10.6 Å². The van der Waals surface area contributed by atoms with Gasteiger partial charge in [0.25, 0.3) is 0 Å². The van der Waals surface area contributed by atoms with Crippen LogP contribution in [0.5, 0.6) is 0 Å². The number of nitrogens with one attached hydrogen (secondary N) is 2. The van der Waals surface area contributed by atoms with Gasteiger partial charge in [-0.05, 0) is 12.3 Å². The van der Waals surface area contributed by atoms with Crippen molar-refractivity contribution in [1.82, 2.24) is 10.6 Å². The fourth-order valence-corrected chi connectivity index (χ4v) is 1.22. The molecule has 0 aliphatic carbocycles. The van der Waals surface area contributed by atoms with E-state index in [0.717, 1.165) is 0 Å². The highest BCUT2D eigenvalue weighted by Crippen LogP contribution is 2.06. The molecule has 4 heteroatoms. The van der Waals surface area contributed by atoms with E-state index in [9.17, 15) is 9.59 Å². The van der Waals surface area contributed by atoms with E-state index in [1.165, 1.54) is 0 Å². The van der Waals surface area contributed by atoms with Crippen LogP contribution in [0.4, 0.5) is 0 Å². The van der Waals surface area contributed by atoms with Gasteiger partial charge in [0.15, 0.2) is 0 Å². The molecule has 0 aromatic carbocycles. The van der Waals surface area contributed by atoms with Crippen molar-refractivity contribution in [2.75, 3.05) is 7.05 Å². The average Bonchev–Trinajstić information content (AvgIpc) is 2.14. The van der Waals surface area contributed by atoms with Gasteiger partial charge in [0.1, 0.15) is 6.04 Å². The second-order valence-electron chi connectivity index (χ2n) is 4.46. The molecule has 0 saturated heterocycles. The van der Waals surface area contributed by atoms with Crippen molar-refractivity contribution in [2.24, 2.45) is 11.8 Å². The Kier molecular flexibility index (Phi) is 5.97. The molecule has 1 unspecified atom stereocenters. The minimum Gasteiger partial charge on any atom is -0.357 e. The summed E-state index contributed by atoms with van der Waals surface area (Å²) in [5.41, 5.74) is 0. The molecule has 0 aromatic rings. The number of carbonyl (C=O) groups is 2. The molecular weight excluding hydrogens is 192 g/mol. The predicted molar refractivity (Wildman–Crippen MR) is 60.3 cm³/mol. The largest absolute Gasteiger partial charge is 0.357 e. The predicted octanol–water partition coefficient (Wildman–Crippen LogP) is 0.919. The van der Waals surface area contributed by atoms with Crippen molar-refractivity contribution >= 4 is 11.8 Å². The van der Waals surface area contributed by atoms with Gasteiger partial charge in [0.05, 0.1) is 0 Å². The van der Waals surface area contributed by atoms with E-state index in [0.29, 0.717) is 12.3 Å². The fraction of sp³-hybridized carbons (Fsp3) is 0.818. The Bertz CT molecular complexity index is 225. The summed E-state index contributed by atoms with van der Waals surface area (Å²) >= 11 is 0. The van der Waals surface area contributed by atoms with Crippen molar-refractivity contribution in [1.29, 1.82) is 0 Å². The van der Waals surface area contributed by atoms with Gasteiger partial charge in [-0.15, -0.1) is 0 Å². The Morgan fingerprint density at radius 1 is 1.07 bits per heavy atom. The third kappa shape index (κ3) is 5.40. The lowest BCUT2D eigenvalue weighted by Crippen LogP contribution is -2.47. The summed E-state index contributed by atoms with van der Waals surface area (Å²) in [6.07, 6.45) is 0.665. The molecule has 0 heterocycles. The summed E-state index contributed by atoms with van der Waals surface area (Å²) in [7, 11) is 1.58. The molecule has 2 amide bonds. The zero-order valence-corrected chi connectivity index (χ0v) is 10.3. The van der Waals surface area contributed by atoms with Crippen LogP contribution >= 0.6 is 0 Å². The van der Waals surface area contributed by atoms with Crippen LogP contribution in [0, 0.1) is 11.8 Å². The zero-order valence-electron chi connectivity index (χ0n) is 10.3. The van der Waals surface area contributed by atoms with Gasteiger partial charge in [0, 0.05) is 13.0 Å². The number of amides is 2. The molecule has 0 spiro atoms. The first kappa shape index (κ1) is 13.9. The van der Waals surface area contributed by atoms with E-state index in [1.54, 1.807) is 7.05 Å². The number of hydrogen-bond acceptors (Lipinski definition) is 2. The summed E-state index contributed by atoms with van der Waals surface area (Å²) in [5, 5.41) is 5.31. The van der Waals surface area contributed by atoms with Gasteiger partial charge >= 0.3 is 0 Å². The molecule has 0 aliphatic heterocycles. The highest BCUT2D eigenvalue weighted by atomic mass is 16.2. The molecule has 0 saturated carbocycles. The molecule has 0 bridgehead atoms. The van der Waals surface area contributed by atoms with Crippen LogP contribution in [0.3, 0.4) is 0 Å². The van der Waals surface area contributed by atoms with Crippen LogP contribution in [0.1, 0.15) is 34.1 Å². The van der Waals surface area contributed by atoms with E-state index < -0.39 is 6.04 Å². The van der Waals surface area contributed by atoms with Crippen molar-refractivity contribution in [3.05, 3.63) is 0 Å². The first-order valence-electron chi connectivity index (χ1n) is 5.40. The van der Waals surface area contributed by atoms with Gasteiger partial charge in [-0.25, -0.2) is 0 Å². The Balaban J connectivity index is 4.37. The third-order valence-corrected chi connectivity index (χ3v) is 2.11. The molecule has 88 valence electrons. The van der Waals surface area contributed by atoms with Crippen LogP contribution in [0.15, 0.2) is 0 Å². The van der Waals surface area contributed by atoms with Crippen LogP contribution in [-0.2, 0) is 9.59 Å². The van der Waals surface area contributed by atoms with E-state index >= 15 is 0 Å². The zero-order chi connectivity index (χ0) is 12.0. The molecule has 4 nitrogen and oxygen atoms in total. The minimum atomic E-state index is -0.412. The topological polar surface area (TPSA) is 58.2 Å². The molecular formula is C11H22N2O2. The standard InChI is InChI=1S/C11H22N2O2/c1-7(2)6-9(11(15)12-5)13-10(14)8(3)4/h7-9H,6H2,1-5H3,(H,12,15)(H,13,14).